The maximum atomic E-state index is 12.1. The summed E-state index contributed by atoms with van der Waals surface area (Å²) in [4.78, 5) is 18.5. The van der Waals surface area contributed by atoms with E-state index < -0.39 is 0 Å². The molecule has 0 aromatic carbocycles. The normalized spacial score (nSPS) is 11.5. The van der Waals surface area contributed by atoms with Crippen molar-refractivity contribution in [3.8, 4) is 0 Å². The van der Waals surface area contributed by atoms with Gasteiger partial charge in [0.15, 0.2) is 5.78 Å². The van der Waals surface area contributed by atoms with Gasteiger partial charge in [-0.25, -0.2) is 0 Å². The van der Waals surface area contributed by atoms with E-state index in [0.29, 0.717) is 12.8 Å². The summed E-state index contributed by atoms with van der Waals surface area (Å²) in [5.41, 5.74) is 1.09. The average Bonchev–Trinajstić information content (AvgIpc) is 2.87. The molecule has 19 heavy (non-hydrogen) atoms. The number of aryl methyl sites for hydroxylation is 1. The van der Waals surface area contributed by atoms with Crippen molar-refractivity contribution in [3.05, 3.63) is 52.0 Å². The van der Waals surface area contributed by atoms with E-state index in [2.05, 4.69) is 31.8 Å². The molecule has 0 saturated carbocycles. The van der Waals surface area contributed by atoms with Crippen molar-refractivity contribution in [2.75, 3.05) is 0 Å². The van der Waals surface area contributed by atoms with E-state index in [1.165, 1.54) is 4.88 Å². The number of nitrogens with zero attached hydrogens (tertiary/aromatic N) is 1. The van der Waals surface area contributed by atoms with Crippen molar-refractivity contribution in [1.29, 1.82) is 0 Å². The Kier molecular flexibility index (Phi) is 4.15. The Morgan fingerprint density at radius 2 is 2.00 bits per heavy atom. The van der Waals surface area contributed by atoms with Gasteiger partial charge in [0.2, 0.25) is 0 Å². The van der Waals surface area contributed by atoms with Crippen LogP contribution in [-0.2, 0) is 11.8 Å². The topological polar surface area (TPSA) is 30.0 Å². The van der Waals surface area contributed by atoms with Crippen LogP contribution >= 0.6 is 11.3 Å². The maximum absolute atomic E-state index is 12.1. The van der Waals surface area contributed by atoms with Crippen molar-refractivity contribution < 1.29 is 4.79 Å². The lowest BCUT2D eigenvalue weighted by Crippen LogP contribution is -2.08. The van der Waals surface area contributed by atoms with Gasteiger partial charge in [-0.2, -0.15) is 0 Å². The standard InChI is InChI=1S/C16H19NOS/c1-16(2,3)15-10-9-14(19-15)13(18)8-7-12-6-4-5-11-17-12/h4-6,9-11H,7-8H2,1-3H3. The average molecular weight is 273 g/mol. The van der Waals surface area contributed by atoms with Crippen LogP contribution in [0.1, 0.15) is 47.4 Å². The van der Waals surface area contributed by atoms with Gasteiger partial charge in [-0.15, -0.1) is 11.3 Å². The minimum Gasteiger partial charge on any atom is -0.293 e. The summed E-state index contributed by atoms with van der Waals surface area (Å²) in [6, 6.07) is 9.82. The fraction of sp³-hybridized carbons (Fsp3) is 0.375. The zero-order chi connectivity index (χ0) is 13.9. The number of hydrogen-bond donors (Lipinski definition) is 0. The Morgan fingerprint density at radius 3 is 2.58 bits per heavy atom. The molecule has 2 aromatic heterocycles. The molecule has 0 spiro atoms. The highest BCUT2D eigenvalue weighted by Crippen LogP contribution is 2.30. The SMILES string of the molecule is CC(C)(C)c1ccc(C(=O)CCc2ccccn2)s1. The molecule has 2 rings (SSSR count). The summed E-state index contributed by atoms with van der Waals surface area (Å²) >= 11 is 1.61. The Hall–Kier alpha value is -1.48. The minimum absolute atomic E-state index is 0.115. The molecule has 0 aliphatic carbocycles. The van der Waals surface area contributed by atoms with Crippen LogP contribution in [0.25, 0.3) is 0 Å². The van der Waals surface area contributed by atoms with Crippen molar-refractivity contribution in [2.24, 2.45) is 0 Å². The number of carbonyl (C=O) groups is 1. The Bertz CT molecular complexity index is 552. The molecule has 0 aliphatic heterocycles. The molecule has 0 saturated heterocycles. The van der Waals surface area contributed by atoms with Crippen LogP contribution in [0.4, 0.5) is 0 Å². The number of Topliss-reactive ketones (excluding diaryl/α,β-unsaturated/α-hetero) is 1. The monoisotopic (exact) mass is 273 g/mol. The van der Waals surface area contributed by atoms with Crippen LogP contribution in [0.5, 0.6) is 0 Å². The van der Waals surface area contributed by atoms with Crippen LogP contribution in [0.2, 0.25) is 0 Å². The third-order valence-electron chi connectivity index (χ3n) is 2.95. The number of hydrogen-bond acceptors (Lipinski definition) is 3. The van der Waals surface area contributed by atoms with E-state index in [0.717, 1.165) is 10.6 Å². The summed E-state index contributed by atoms with van der Waals surface area (Å²) < 4.78 is 0. The summed E-state index contributed by atoms with van der Waals surface area (Å²) in [5.74, 6) is 0.214. The van der Waals surface area contributed by atoms with Crippen LogP contribution in [0.3, 0.4) is 0 Å². The van der Waals surface area contributed by atoms with Crippen molar-refractivity contribution in [1.82, 2.24) is 4.98 Å². The highest BCUT2D eigenvalue weighted by molar-refractivity contribution is 7.14. The summed E-state index contributed by atoms with van der Waals surface area (Å²) in [6.07, 6.45) is 3.01. The summed E-state index contributed by atoms with van der Waals surface area (Å²) in [7, 11) is 0. The van der Waals surface area contributed by atoms with Gasteiger partial charge in [0.05, 0.1) is 4.88 Å². The number of thiophene rings is 1. The Morgan fingerprint density at radius 1 is 1.21 bits per heavy atom. The Labute approximate surface area is 118 Å². The van der Waals surface area contributed by atoms with Gasteiger partial charge < -0.3 is 0 Å². The molecule has 2 nitrogen and oxygen atoms in total. The van der Waals surface area contributed by atoms with Crippen molar-refractivity contribution >= 4 is 17.1 Å². The lowest BCUT2D eigenvalue weighted by molar-refractivity contribution is 0.0986. The molecule has 0 unspecified atom stereocenters. The van der Waals surface area contributed by atoms with E-state index in [4.69, 9.17) is 0 Å². The molecule has 0 radical (unpaired) electrons. The molecular weight excluding hydrogens is 254 g/mol. The third-order valence-corrected chi connectivity index (χ3v) is 4.51. The lowest BCUT2D eigenvalue weighted by Gasteiger charge is -2.15. The fourth-order valence-electron chi connectivity index (χ4n) is 1.80. The zero-order valence-corrected chi connectivity index (χ0v) is 12.5. The van der Waals surface area contributed by atoms with E-state index in [-0.39, 0.29) is 11.2 Å². The largest absolute Gasteiger partial charge is 0.293 e. The van der Waals surface area contributed by atoms with Crippen molar-refractivity contribution in [2.45, 2.75) is 39.0 Å². The molecule has 0 N–H and O–H groups in total. The predicted molar refractivity (Wildman–Crippen MR) is 79.9 cm³/mol. The minimum atomic E-state index is 0.115. The molecule has 2 aromatic rings. The molecule has 0 atom stereocenters. The molecule has 3 heteroatoms. The number of pyridine rings is 1. The molecular formula is C16H19NOS. The molecule has 0 amide bonds. The molecule has 0 fully saturated rings. The van der Waals surface area contributed by atoms with Gasteiger partial charge in [0.25, 0.3) is 0 Å². The molecule has 100 valence electrons. The van der Waals surface area contributed by atoms with Gasteiger partial charge in [-0.1, -0.05) is 26.8 Å². The number of ketones is 1. The van der Waals surface area contributed by atoms with E-state index in [1.807, 2.05) is 24.3 Å². The van der Waals surface area contributed by atoms with Gasteiger partial charge in [0, 0.05) is 23.2 Å². The van der Waals surface area contributed by atoms with Gasteiger partial charge >= 0.3 is 0 Å². The highest BCUT2D eigenvalue weighted by atomic mass is 32.1. The van der Waals surface area contributed by atoms with Gasteiger partial charge in [-0.05, 0) is 36.1 Å². The summed E-state index contributed by atoms with van der Waals surface area (Å²) in [5, 5.41) is 0. The smallest absolute Gasteiger partial charge is 0.173 e. The summed E-state index contributed by atoms with van der Waals surface area (Å²) in [6.45, 7) is 6.50. The van der Waals surface area contributed by atoms with Crippen molar-refractivity contribution in [3.63, 3.8) is 0 Å². The second kappa shape index (κ2) is 5.66. The lowest BCUT2D eigenvalue weighted by atomic mass is 9.95. The highest BCUT2D eigenvalue weighted by Gasteiger charge is 2.18. The quantitative estimate of drug-likeness (QED) is 0.779. The maximum Gasteiger partial charge on any atom is 0.173 e. The van der Waals surface area contributed by atoms with E-state index >= 15 is 0 Å². The first-order chi connectivity index (χ1) is 8.97. The molecule has 0 bridgehead atoms. The van der Waals surface area contributed by atoms with Crippen LogP contribution in [-0.4, -0.2) is 10.8 Å². The first-order valence-corrected chi connectivity index (χ1v) is 7.32. The van der Waals surface area contributed by atoms with Crippen LogP contribution < -0.4 is 0 Å². The van der Waals surface area contributed by atoms with Crippen LogP contribution in [0, 0.1) is 0 Å². The predicted octanol–water partition coefficient (Wildman–Crippen LogP) is 4.26. The first-order valence-electron chi connectivity index (χ1n) is 6.50. The molecule has 0 aliphatic rings. The molecule has 2 heterocycles. The number of carbonyl (C=O) groups excluding carboxylic acids is 1. The number of aromatic nitrogens is 1. The zero-order valence-electron chi connectivity index (χ0n) is 11.6. The third kappa shape index (κ3) is 3.74. The van der Waals surface area contributed by atoms with Gasteiger partial charge in [-0.3, -0.25) is 9.78 Å². The first kappa shape index (κ1) is 13.9. The second-order valence-electron chi connectivity index (χ2n) is 5.66. The van der Waals surface area contributed by atoms with Gasteiger partial charge in [0.1, 0.15) is 0 Å². The fourth-order valence-corrected chi connectivity index (χ4v) is 2.83. The number of rotatable bonds is 4. The van der Waals surface area contributed by atoms with E-state index in [1.54, 1.807) is 17.5 Å². The Balaban J connectivity index is 1.99. The van der Waals surface area contributed by atoms with E-state index in [9.17, 15) is 4.79 Å². The van der Waals surface area contributed by atoms with Crippen LogP contribution in [0.15, 0.2) is 36.5 Å². The second-order valence-corrected chi connectivity index (χ2v) is 6.74.